The average molecular weight is 224 g/mol. The van der Waals surface area contributed by atoms with Crippen LogP contribution in [-0.2, 0) is 4.74 Å². The summed E-state index contributed by atoms with van der Waals surface area (Å²) in [5, 5.41) is 0. The van der Waals surface area contributed by atoms with Crippen molar-refractivity contribution in [1.82, 2.24) is 0 Å². The van der Waals surface area contributed by atoms with Gasteiger partial charge >= 0.3 is 0 Å². The number of ketones is 1. The van der Waals surface area contributed by atoms with Crippen LogP contribution in [0.4, 0.5) is 0 Å². The van der Waals surface area contributed by atoms with Crippen molar-refractivity contribution in [3.8, 4) is 11.5 Å². The number of benzene rings is 1. The van der Waals surface area contributed by atoms with Gasteiger partial charge in [-0.3, -0.25) is 4.79 Å². The number of methoxy groups -OCH3 is 2. The first-order chi connectivity index (χ1) is 7.74. The molecule has 0 amide bonds. The van der Waals surface area contributed by atoms with Crippen LogP contribution in [0.1, 0.15) is 17.3 Å². The first-order valence-corrected chi connectivity index (χ1v) is 5.06. The van der Waals surface area contributed by atoms with E-state index in [1.807, 2.05) is 6.92 Å². The van der Waals surface area contributed by atoms with E-state index in [1.54, 1.807) is 18.2 Å². The van der Waals surface area contributed by atoms with Crippen molar-refractivity contribution < 1.29 is 19.0 Å². The molecular weight excluding hydrogens is 208 g/mol. The number of carbonyl (C=O) groups excluding carboxylic acids is 1. The van der Waals surface area contributed by atoms with E-state index >= 15 is 0 Å². The molecule has 0 saturated heterocycles. The molecule has 0 spiro atoms. The highest BCUT2D eigenvalue weighted by molar-refractivity contribution is 6.00. The molecule has 0 unspecified atom stereocenters. The minimum absolute atomic E-state index is 0.0556. The smallest absolute Gasteiger partial charge is 0.192 e. The third kappa shape index (κ3) is 2.73. The van der Waals surface area contributed by atoms with Crippen LogP contribution in [-0.4, -0.2) is 33.2 Å². The largest absolute Gasteiger partial charge is 0.493 e. The fraction of sp³-hybridized carbons (Fsp3) is 0.417. The number of Topliss-reactive ketones (excluding diaryl/α,β-unsaturated/α-hetero) is 1. The highest BCUT2D eigenvalue weighted by Gasteiger charge is 2.15. The van der Waals surface area contributed by atoms with Gasteiger partial charge in [-0.2, -0.15) is 0 Å². The second-order valence-corrected chi connectivity index (χ2v) is 3.10. The Balaban J connectivity index is 2.98. The van der Waals surface area contributed by atoms with Gasteiger partial charge in [-0.15, -0.1) is 0 Å². The summed E-state index contributed by atoms with van der Waals surface area (Å²) in [6.07, 6.45) is 0. The Morgan fingerprint density at radius 2 is 2.00 bits per heavy atom. The Morgan fingerprint density at radius 3 is 2.56 bits per heavy atom. The highest BCUT2D eigenvalue weighted by atomic mass is 16.5. The quantitative estimate of drug-likeness (QED) is 0.692. The molecule has 0 fully saturated rings. The minimum atomic E-state index is -0.113. The van der Waals surface area contributed by atoms with Crippen molar-refractivity contribution >= 4 is 5.78 Å². The summed E-state index contributed by atoms with van der Waals surface area (Å²) in [5.41, 5.74) is 0.482. The van der Waals surface area contributed by atoms with Crippen molar-refractivity contribution in [2.45, 2.75) is 6.92 Å². The lowest BCUT2D eigenvalue weighted by atomic mass is 10.1. The van der Waals surface area contributed by atoms with Gasteiger partial charge in [-0.05, 0) is 19.1 Å². The molecular formula is C12H16O4. The van der Waals surface area contributed by atoms with Crippen LogP contribution < -0.4 is 9.47 Å². The number of ether oxygens (including phenoxy) is 3. The van der Waals surface area contributed by atoms with Crippen LogP contribution in [0.2, 0.25) is 0 Å². The average Bonchev–Trinajstić information content (AvgIpc) is 2.34. The van der Waals surface area contributed by atoms with Gasteiger partial charge in [-0.1, -0.05) is 6.07 Å². The second kappa shape index (κ2) is 6.12. The monoisotopic (exact) mass is 224 g/mol. The van der Waals surface area contributed by atoms with Gasteiger partial charge in [0.25, 0.3) is 0 Å². The summed E-state index contributed by atoms with van der Waals surface area (Å²) in [5.74, 6) is 0.886. The van der Waals surface area contributed by atoms with E-state index in [0.717, 1.165) is 0 Å². The van der Waals surface area contributed by atoms with Gasteiger partial charge in [-0.25, -0.2) is 0 Å². The molecule has 4 heteroatoms. The maximum absolute atomic E-state index is 11.8. The zero-order chi connectivity index (χ0) is 12.0. The van der Waals surface area contributed by atoms with E-state index in [1.165, 1.54) is 14.2 Å². The number of rotatable bonds is 6. The van der Waals surface area contributed by atoms with E-state index in [9.17, 15) is 4.79 Å². The molecule has 1 aromatic carbocycles. The summed E-state index contributed by atoms with van der Waals surface area (Å²) >= 11 is 0. The standard InChI is InChI=1S/C12H16O4/c1-4-16-8-10(13)9-6-5-7-11(14-2)12(9)15-3/h5-7H,4,8H2,1-3H3. The number of hydrogen-bond donors (Lipinski definition) is 0. The van der Waals surface area contributed by atoms with Crippen LogP contribution in [0.3, 0.4) is 0 Å². The molecule has 0 bridgehead atoms. The summed E-state index contributed by atoms with van der Waals surface area (Å²) in [4.78, 5) is 11.8. The zero-order valence-electron chi connectivity index (χ0n) is 9.78. The first-order valence-electron chi connectivity index (χ1n) is 5.06. The topological polar surface area (TPSA) is 44.8 Å². The molecule has 0 aromatic heterocycles. The Hall–Kier alpha value is -1.55. The zero-order valence-corrected chi connectivity index (χ0v) is 9.78. The van der Waals surface area contributed by atoms with E-state index in [-0.39, 0.29) is 12.4 Å². The van der Waals surface area contributed by atoms with Crippen molar-refractivity contribution in [1.29, 1.82) is 0 Å². The molecule has 0 heterocycles. The predicted octanol–water partition coefficient (Wildman–Crippen LogP) is 1.92. The normalized spacial score (nSPS) is 9.94. The third-order valence-electron chi connectivity index (χ3n) is 2.14. The van der Waals surface area contributed by atoms with Gasteiger partial charge in [0.1, 0.15) is 6.61 Å². The third-order valence-corrected chi connectivity index (χ3v) is 2.14. The first kappa shape index (κ1) is 12.5. The lowest BCUT2D eigenvalue weighted by Gasteiger charge is -2.11. The summed E-state index contributed by atoms with van der Waals surface area (Å²) in [7, 11) is 3.05. The van der Waals surface area contributed by atoms with E-state index in [2.05, 4.69) is 0 Å². The summed E-state index contributed by atoms with van der Waals surface area (Å²) < 4.78 is 15.4. The molecule has 0 aliphatic carbocycles. The number of hydrogen-bond acceptors (Lipinski definition) is 4. The van der Waals surface area contributed by atoms with Crippen molar-refractivity contribution in [2.24, 2.45) is 0 Å². The molecule has 88 valence electrons. The second-order valence-electron chi connectivity index (χ2n) is 3.10. The lowest BCUT2D eigenvalue weighted by Crippen LogP contribution is -2.10. The SMILES string of the molecule is CCOCC(=O)c1cccc(OC)c1OC. The van der Waals surface area contributed by atoms with Crippen LogP contribution in [0, 0.1) is 0 Å². The molecule has 0 atom stereocenters. The van der Waals surface area contributed by atoms with Gasteiger partial charge < -0.3 is 14.2 Å². The van der Waals surface area contributed by atoms with Crippen molar-refractivity contribution in [3.05, 3.63) is 23.8 Å². The highest BCUT2D eigenvalue weighted by Crippen LogP contribution is 2.30. The van der Waals surface area contributed by atoms with Gasteiger partial charge in [0.2, 0.25) is 0 Å². The van der Waals surface area contributed by atoms with Crippen LogP contribution in [0.25, 0.3) is 0 Å². The van der Waals surface area contributed by atoms with Crippen LogP contribution in [0.5, 0.6) is 11.5 Å². The van der Waals surface area contributed by atoms with Crippen molar-refractivity contribution in [2.75, 3.05) is 27.4 Å². The number of carbonyl (C=O) groups is 1. The lowest BCUT2D eigenvalue weighted by molar-refractivity contribution is 0.0780. The molecule has 0 saturated carbocycles. The van der Waals surface area contributed by atoms with Crippen LogP contribution in [0.15, 0.2) is 18.2 Å². The minimum Gasteiger partial charge on any atom is -0.493 e. The van der Waals surface area contributed by atoms with E-state index < -0.39 is 0 Å². The predicted molar refractivity (Wildman–Crippen MR) is 60.4 cm³/mol. The van der Waals surface area contributed by atoms with Gasteiger partial charge in [0.05, 0.1) is 19.8 Å². The van der Waals surface area contributed by atoms with Gasteiger partial charge in [0.15, 0.2) is 17.3 Å². The summed E-state index contributed by atoms with van der Waals surface area (Å²) in [6.45, 7) is 2.41. The van der Waals surface area contributed by atoms with E-state index in [4.69, 9.17) is 14.2 Å². The molecule has 0 radical (unpaired) electrons. The Kier molecular flexibility index (Phi) is 4.79. The van der Waals surface area contributed by atoms with Gasteiger partial charge in [0, 0.05) is 6.61 Å². The molecule has 16 heavy (non-hydrogen) atoms. The fourth-order valence-electron chi connectivity index (χ4n) is 1.38. The molecule has 1 rings (SSSR count). The molecule has 0 N–H and O–H groups in total. The maximum atomic E-state index is 11.8. The maximum Gasteiger partial charge on any atom is 0.192 e. The van der Waals surface area contributed by atoms with E-state index in [0.29, 0.717) is 23.7 Å². The molecule has 4 nitrogen and oxygen atoms in total. The molecule has 0 aliphatic heterocycles. The molecule has 1 aromatic rings. The summed E-state index contributed by atoms with van der Waals surface area (Å²) in [6, 6.07) is 5.19. The Labute approximate surface area is 95.1 Å². The Morgan fingerprint density at radius 1 is 1.25 bits per heavy atom. The molecule has 0 aliphatic rings. The Bertz CT molecular complexity index is 360. The fourth-order valence-corrected chi connectivity index (χ4v) is 1.38. The number of para-hydroxylation sites is 1. The van der Waals surface area contributed by atoms with Crippen LogP contribution >= 0.6 is 0 Å². The van der Waals surface area contributed by atoms with Crippen molar-refractivity contribution in [3.63, 3.8) is 0 Å².